The molecule has 1 aromatic heterocycles. The molecule has 0 unspecified atom stereocenters. The maximum Gasteiger partial charge on any atom is 0.229 e. The van der Waals surface area contributed by atoms with Crippen molar-refractivity contribution in [2.24, 2.45) is 5.92 Å². The Morgan fingerprint density at radius 2 is 2.19 bits per heavy atom. The summed E-state index contributed by atoms with van der Waals surface area (Å²) in [5.74, 6) is -0.361. The summed E-state index contributed by atoms with van der Waals surface area (Å²) in [4.78, 5) is 26.4. The van der Waals surface area contributed by atoms with Crippen molar-refractivity contribution in [3.8, 4) is 0 Å². The number of fused-ring (bicyclic) bond motifs is 1. The van der Waals surface area contributed by atoms with E-state index in [1.54, 1.807) is 0 Å². The van der Waals surface area contributed by atoms with Crippen LogP contribution in [0.4, 0.5) is 5.82 Å². The lowest BCUT2D eigenvalue weighted by molar-refractivity contribution is -0.126. The lowest BCUT2D eigenvalue weighted by Crippen LogP contribution is -2.40. The number of aromatic nitrogens is 2. The number of hydrogen-bond donors (Lipinski definition) is 2. The molecule has 1 aromatic carbocycles. The van der Waals surface area contributed by atoms with Crippen LogP contribution >= 0.6 is 15.9 Å². The summed E-state index contributed by atoms with van der Waals surface area (Å²) in [6.07, 6.45) is 0.521. The third-order valence-corrected chi connectivity index (χ3v) is 7.10. The molecule has 2 aliphatic heterocycles. The van der Waals surface area contributed by atoms with Crippen LogP contribution < -0.4 is 10.2 Å². The third-order valence-electron chi connectivity index (χ3n) is 4.84. The molecule has 8 nitrogen and oxygen atoms in total. The van der Waals surface area contributed by atoms with Crippen LogP contribution in [0, 0.1) is 5.92 Å². The summed E-state index contributed by atoms with van der Waals surface area (Å²) < 4.78 is 23.9. The molecule has 2 fully saturated rings. The molecule has 0 radical (unpaired) electrons. The molecule has 2 atom stereocenters. The first-order valence-corrected chi connectivity index (χ1v) is 10.9. The van der Waals surface area contributed by atoms with Crippen molar-refractivity contribution in [1.82, 2.24) is 15.5 Å². The number of halogens is 1. The van der Waals surface area contributed by atoms with Crippen LogP contribution in [0.15, 0.2) is 22.7 Å². The summed E-state index contributed by atoms with van der Waals surface area (Å²) in [5.41, 5.74) is 0.797. The second kappa shape index (κ2) is 6.34. The molecular weight excluding hydrogens is 424 g/mol. The quantitative estimate of drug-likeness (QED) is 0.738. The van der Waals surface area contributed by atoms with Gasteiger partial charge in [-0.25, -0.2) is 8.42 Å². The van der Waals surface area contributed by atoms with E-state index in [0.717, 1.165) is 15.4 Å². The molecule has 26 heavy (non-hydrogen) atoms. The van der Waals surface area contributed by atoms with Crippen LogP contribution in [0.25, 0.3) is 10.9 Å². The topological polar surface area (TPSA) is 112 Å². The summed E-state index contributed by atoms with van der Waals surface area (Å²) in [6.45, 7) is 0.236. The molecule has 2 saturated heterocycles. The van der Waals surface area contributed by atoms with E-state index in [-0.39, 0.29) is 42.3 Å². The molecule has 0 saturated carbocycles. The van der Waals surface area contributed by atoms with Crippen LogP contribution in [0.5, 0.6) is 0 Å². The number of rotatable bonds is 3. The van der Waals surface area contributed by atoms with E-state index < -0.39 is 15.8 Å². The van der Waals surface area contributed by atoms with Crippen molar-refractivity contribution in [1.29, 1.82) is 0 Å². The Bertz CT molecular complexity index is 1000. The van der Waals surface area contributed by atoms with Crippen molar-refractivity contribution >= 4 is 54.3 Å². The first-order chi connectivity index (χ1) is 12.3. The van der Waals surface area contributed by atoms with Crippen molar-refractivity contribution in [2.75, 3.05) is 23.0 Å². The number of nitrogens with one attached hydrogen (secondary N) is 2. The Morgan fingerprint density at radius 1 is 1.38 bits per heavy atom. The molecule has 4 rings (SSSR count). The van der Waals surface area contributed by atoms with Gasteiger partial charge < -0.3 is 5.32 Å². The first kappa shape index (κ1) is 17.5. The summed E-state index contributed by atoms with van der Waals surface area (Å²) in [5, 5.41) is 10.7. The number of hydrogen-bond acceptors (Lipinski definition) is 5. The zero-order valence-corrected chi connectivity index (χ0v) is 16.1. The third kappa shape index (κ3) is 3.23. The maximum absolute atomic E-state index is 12.5. The predicted octanol–water partition coefficient (Wildman–Crippen LogP) is 0.982. The highest BCUT2D eigenvalue weighted by atomic mass is 79.9. The highest BCUT2D eigenvalue weighted by molar-refractivity contribution is 9.10. The molecule has 0 bridgehead atoms. The molecule has 2 aromatic rings. The van der Waals surface area contributed by atoms with E-state index in [2.05, 4.69) is 31.4 Å². The number of benzene rings is 1. The number of carbonyl (C=O) groups is 2. The lowest BCUT2D eigenvalue weighted by atomic mass is 10.1. The average Bonchev–Trinajstić information content (AvgIpc) is 3.24. The fraction of sp³-hybridized carbons (Fsp3) is 0.438. The standard InChI is InChI=1S/C16H17BrN4O4S/c17-10-1-2-12-13(6-10)19-20-15(12)21-7-9(5-14(21)22)16(23)18-11-3-4-26(24,25)8-11/h1-2,6,9,11H,3-5,7-8H2,(H,18,23)(H,19,20)/t9-,11-/m0/s1. The van der Waals surface area contributed by atoms with Gasteiger partial charge in [-0.1, -0.05) is 15.9 Å². The van der Waals surface area contributed by atoms with Gasteiger partial charge >= 0.3 is 0 Å². The maximum atomic E-state index is 12.5. The van der Waals surface area contributed by atoms with Gasteiger partial charge in [0.25, 0.3) is 0 Å². The van der Waals surface area contributed by atoms with Gasteiger partial charge in [0.2, 0.25) is 11.8 Å². The summed E-state index contributed by atoms with van der Waals surface area (Å²) in [7, 11) is -3.06. The fourth-order valence-corrected chi connectivity index (χ4v) is 5.53. The molecule has 2 aliphatic rings. The van der Waals surface area contributed by atoms with Crippen molar-refractivity contribution in [3.63, 3.8) is 0 Å². The SMILES string of the molecule is O=C(N[C@H]1CCS(=O)(=O)C1)[C@H]1CC(=O)N(c2n[nH]c3cc(Br)ccc23)C1. The highest BCUT2D eigenvalue weighted by Crippen LogP contribution is 2.31. The van der Waals surface area contributed by atoms with Gasteiger partial charge in [-0.2, -0.15) is 5.10 Å². The molecule has 3 heterocycles. The van der Waals surface area contributed by atoms with Gasteiger partial charge in [-0.05, 0) is 24.6 Å². The molecule has 2 amide bonds. The predicted molar refractivity (Wildman–Crippen MR) is 99.5 cm³/mol. The Morgan fingerprint density at radius 3 is 2.92 bits per heavy atom. The van der Waals surface area contributed by atoms with Gasteiger partial charge in [0, 0.05) is 28.9 Å². The van der Waals surface area contributed by atoms with Crippen molar-refractivity contribution in [3.05, 3.63) is 22.7 Å². The number of sulfone groups is 1. The zero-order valence-electron chi connectivity index (χ0n) is 13.7. The number of H-pyrrole nitrogens is 1. The van der Waals surface area contributed by atoms with Crippen LogP contribution in [-0.2, 0) is 19.4 Å². The normalized spacial score (nSPS) is 25.1. The van der Waals surface area contributed by atoms with Gasteiger partial charge in [-0.15, -0.1) is 0 Å². The molecular formula is C16H17BrN4O4S. The van der Waals surface area contributed by atoms with Crippen molar-refractivity contribution < 1.29 is 18.0 Å². The number of carbonyl (C=O) groups excluding carboxylic acids is 2. The van der Waals surface area contributed by atoms with E-state index in [1.165, 1.54) is 4.90 Å². The second-order valence-electron chi connectivity index (χ2n) is 6.75. The Balaban J connectivity index is 1.49. The number of aromatic amines is 1. The van der Waals surface area contributed by atoms with Crippen LogP contribution in [-0.4, -0.2) is 54.5 Å². The Kier molecular flexibility index (Phi) is 4.26. The highest BCUT2D eigenvalue weighted by Gasteiger charge is 2.38. The van der Waals surface area contributed by atoms with Gasteiger partial charge in [0.15, 0.2) is 15.7 Å². The zero-order chi connectivity index (χ0) is 18.5. The summed E-state index contributed by atoms with van der Waals surface area (Å²) >= 11 is 3.39. The Hall–Kier alpha value is -1.94. The van der Waals surface area contributed by atoms with Gasteiger partial charge in [0.05, 0.1) is 22.9 Å². The number of nitrogens with zero attached hydrogens (tertiary/aromatic N) is 2. The minimum Gasteiger partial charge on any atom is -0.352 e. The largest absolute Gasteiger partial charge is 0.352 e. The molecule has 0 spiro atoms. The minimum atomic E-state index is -3.06. The van der Waals surface area contributed by atoms with E-state index >= 15 is 0 Å². The average molecular weight is 441 g/mol. The minimum absolute atomic E-state index is 0.0258. The number of anilines is 1. The monoisotopic (exact) mass is 440 g/mol. The van der Waals surface area contributed by atoms with Crippen molar-refractivity contribution in [2.45, 2.75) is 18.9 Å². The smallest absolute Gasteiger partial charge is 0.229 e. The van der Waals surface area contributed by atoms with Gasteiger partial charge in [-0.3, -0.25) is 19.6 Å². The first-order valence-electron chi connectivity index (χ1n) is 8.27. The Labute approximate surface area is 158 Å². The lowest BCUT2D eigenvalue weighted by Gasteiger charge is -2.16. The molecule has 10 heteroatoms. The molecule has 0 aliphatic carbocycles. The van der Waals surface area contributed by atoms with Crippen LogP contribution in [0.3, 0.4) is 0 Å². The van der Waals surface area contributed by atoms with Crippen LogP contribution in [0.1, 0.15) is 12.8 Å². The molecule has 138 valence electrons. The fourth-order valence-electron chi connectivity index (χ4n) is 3.50. The van der Waals surface area contributed by atoms with E-state index in [0.29, 0.717) is 12.2 Å². The van der Waals surface area contributed by atoms with Crippen LogP contribution in [0.2, 0.25) is 0 Å². The van der Waals surface area contributed by atoms with E-state index in [4.69, 9.17) is 0 Å². The number of amides is 2. The summed E-state index contributed by atoms with van der Waals surface area (Å²) in [6, 6.07) is 5.24. The molecule has 2 N–H and O–H groups in total. The second-order valence-corrected chi connectivity index (χ2v) is 9.90. The van der Waals surface area contributed by atoms with Gasteiger partial charge in [0.1, 0.15) is 0 Å². The van der Waals surface area contributed by atoms with E-state index in [9.17, 15) is 18.0 Å². The van der Waals surface area contributed by atoms with E-state index in [1.807, 2.05) is 18.2 Å².